The summed E-state index contributed by atoms with van der Waals surface area (Å²) in [5.41, 5.74) is 1.08. The zero-order valence-electron chi connectivity index (χ0n) is 11.6. The molecule has 1 heterocycles. The number of carbonyl (C=O) groups excluding carboxylic acids is 2. The van der Waals surface area contributed by atoms with Crippen molar-refractivity contribution in [3.63, 3.8) is 0 Å². The van der Waals surface area contributed by atoms with E-state index in [2.05, 4.69) is 10.3 Å². The van der Waals surface area contributed by atoms with Crippen LogP contribution in [-0.4, -0.2) is 23.0 Å². The third-order valence-electron chi connectivity index (χ3n) is 2.44. The molecule has 0 radical (unpaired) electrons. The molecule has 0 saturated carbocycles. The van der Waals surface area contributed by atoms with Crippen LogP contribution in [0, 0.1) is 0 Å². The molecule has 0 unspecified atom stereocenters. The van der Waals surface area contributed by atoms with Gasteiger partial charge in [0, 0.05) is 6.54 Å². The molecule has 0 bridgehead atoms. The molecule has 0 saturated heterocycles. The lowest BCUT2D eigenvalue weighted by Gasteiger charge is -2.19. The highest BCUT2D eigenvalue weighted by Gasteiger charge is 2.16. The molecule has 0 aliphatic carbocycles. The van der Waals surface area contributed by atoms with E-state index in [1.807, 2.05) is 39.0 Å². The largest absolute Gasteiger partial charge is 0.444 e. The van der Waals surface area contributed by atoms with Crippen LogP contribution in [0.1, 0.15) is 36.1 Å². The second-order valence-electron chi connectivity index (χ2n) is 5.29. The van der Waals surface area contributed by atoms with Gasteiger partial charge in [-0.25, -0.2) is 9.78 Å². The Bertz CT molecular complexity index is 643. The minimum atomic E-state index is -0.526. The first-order valence-electron chi connectivity index (χ1n) is 6.19. The van der Waals surface area contributed by atoms with E-state index in [0.717, 1.165) is 22.1 Å². The number of aromatic nitrogens is 1. The van der Waals surface area contributed by atoms with Crippen molar-refractivity contribution in [2.24, 2.45) is 0 Å². The van der Waals surface area contributed by atoms with Gasteiger partial charge in [0.25, 0.3) is 0 Å². The molecule has 1 N–H and O–H groups in total. The summed E-state index contributed by atoms with van der Waals surface area (Å²) in [5.74, 6) is 0. The van der Waals surface area contributed by atoms with Gasteiger partial charge in [0.05, 0.1) is 10.2 Å². The molecule has 1 aromatic heterocycles. The SMILES string of the molecule is CC(C)(C)OC(=O)NCc1cccc2sc(C=O)nc12. The summed E-state index contributed by atoms with van der Waals surface area (Å²) in [5, 5.41) is 3.12. The highest BCUT2D eigenvalue weighted by molar-refractivity contribution is 7.20. The molecule has 1 amide bonds. The Kier molecular flexibility index (Phi) is 4.04. The minimum Gasteiger partial charge on any atom is -0.444 e. The summed E-state index contributed by atoms with van der Waals surface area (Å²) in [6, 6.07) is 5.65. The fourth-order valence-electron chi connectivity index (χ4n) is 1.70. The number of ether oxygens (including phenoxy) is 1. The lowest BCUT2D eigenvalue weighted by molar-refractivity contribution is 0.0523. The lowest BCUT2D eigenvalue weighted by Crippen LogP contribution is -2.32. The van der Waals surface area contributed by atoms with Crippen molar-refractivity contribution in [1.29, 1.82) is 0 Å². The number of fused-ring (bicyclic) bond motifs is 1. The molecule has 2 aromatic rings. The van der Waals surface area contributed by atoms with Crippen LogP contribution in [0.5, 0.6) is 0 Å². The molecule has 0 aliphatic rings. The number of aldehydes is 1. The Morgan fingerprint density at radius 3 is 2.85 bits per heavy atom. The Labute approximate surface area is 121 Å². The summed E-state index contributed by atoms with van der Waals surface area (Å²) in [6.07, 6.45) is 0.260. The van der Waals surface area contributed by atoms with Gasteiger partial charge in [-0.2, -0.15) is 0 Å². The van der Waals surface area contributed by atoms with Gasteiger partial charge < -0.3 is 10.1 Å². The van der Waals surface area contributed by atoms with Gasteiger partial charge in [-0.15, -0.1) is 11.3 Å². The highest BCUT2D eigenvalue weighted by Crippen LogP contribution is 2.24. The van der Waals surface area contributed by atoms with Crippen molar-refractivity contribution in [3.05, 3.63) is 28.8 Å². The first-order valence-corrected chi connectivity index (χ1v) is 7.01. The zero-order chi connectivity index (χ0) is 14.8. The predicted molar refractivity (Wildman–Crippen MR) is 78.1 cm³/mol. The number of amides is 1. The lowest BCUT2D eigenvalue weighted by atomic mass is 10.2. The summed E-state index contributed by atoms with van der Waals surface area (Å²) < 4.78 is 6.10. The van der Waals surface area contributed by atoms with Gasteiger partial charge in [-0.3, -0.25) is 4.79 Å². The molecular weight excluding hydrogens is 276 g/mol. The van der Waals surface area contributed by atoms with E-state index in [4.69, 9.17) is 4.74 Å². The Balaban J connectivity index is 2.12. The summed E-state index contributed by atoms with van der Waals surface area (Å²) in [6.45, 7) is 5.74. The molecule has 0 spiro atoms. The molecule has 0 aliphatic heterocycles. The topological polar surface area (TPSA) is 68.3 Å². The van der Waals surface area contributed by atoms with E-state index in [-0.39, 0.29) is 0 Å². The van der Waals surface area contributed by atoms with Crippen molar-refractivity contribution in [2.45, 2.75) is 32.9 Å². The van der Waals surface area contributed by atoms with Crippen LogP contribution >= 0.6 is 11.3 Å². The maximum absolute atomic E-state index is 11.6. The molecule has 5 nitrogen and oxygen atoms in total. The van der Waals surface area contributed by atoms with Gasteiger partial charge in [0.15, 0.2) is 11.3 Å². The number of hydrogen-bond acceptors (Lipinski definition) is 5. The van der Waals surface area contributed by atoms with Gasteiger partial charge in [-0.1, -0.05) is 12.1 Å². The number of benzene rings is 1. The first-order chi connectivity index (χ1) is 9.39. The molecular formula is C14H16N2O3S. The summed E-state index contributed by atoms with van der Waals surface area (Å²) in [7, 11) is 0. The van der Waals surface area contributed by atoms with Crippen LogP contribution in [0.25, 0.3) is 10.2 Å². The van der Waals surface area contributed by atoms with Crippen molar-refractivity contribution in [1.82, 2.24) is 10.3 Å². The molecule has 106 valence electrons. The van der Waals surface area contributed by atoms with Crippen LogP contribution in [0.3, 0.4) is 0 Å². The minimum absolute atomic E-state index is 0.314. The average Bonchev–Trinajstić information content (AvgIpc) is 2.77. The number of nitrogens with zero attached hydrogens (tertiary/aromatic N) is 1. The third-order valence-corrected chi connectivity index (χ3v) is 3.39. The van der Waals surface area contributed by atoms with E-state index in [1.165, 1.54) is 11.3 Å². The van der Waals surface area contributed by atoms with E-state index in [1.54, 1.807) is 0 Å². The highest BCUT2D eigenvalue weighted by atomic mass is 32.1. The second-order valence-corrected chi connectivity index (χ2v) is 6.35. The number of nitrogens with one attached hydrogen (secondary N) is 1. The number of rotatable bonds is 3. The van der Waals surface area contributed by atoms with E-state index >= 15 is 0 Å². The van der Waals surface area contributed by atoms with Crippen molar-refractivity contribution >= 4 is 33.9 Å². The smallest absolute Gasteiger partial charge is 0.407 e. The quantitative estimate of drug-likeness (QED) is 0.882. The fourth-order valence-corrected chi connectivity index (χ4v) is 2.53. The summed E-state index contributed by atoms with van der Waals surface area (Å²) >= 11 is 1.33. The van der Waals surface area contributed by atoms with Crippen molar-refractivity contribution in [2.75, 3.05) is 0 Å². The molecule has 2 rings (SSSR count). The van der Waals surface area contributed by atoms with Crippen LogP contribution in [0.15, 0.2) is 18.2 Å². The first kappa shape index (κ1) is 14.5. The summed E-state index contributed by atoms with van der Waals surface area (Å²) in [4.78, 5) is 26.6. The van der Waals surface area contributed by atoms with E-state index in [9.17, 15) is 9.59 Å². The second kappa shape index (κ2) is 5.58. The standard InChI is InChI=1S/C14H16N2O3S/c1-14(2,3)19-13(18)15-7-9-5-4-6-10-12(9)16-11(8-17)20-10/h4-6,8H,7H2,1-3H3,(H,15,18). The van der Waals surface area contributed by atoms with Crippen LogP contribution in [0.2, 0.25) is 0 Å². The van der Waals surface area contributed by atoms with Crippen LogP contribution < -0.4 is 5.32 Å². The maximum atomic E-state index is 11.6. The Morgan fingerprint density at radius 2 is 2.20 bits per heavy atom. The van der Waals surface area contributed by atoms with Gasteiger partial charge >= 0.3 is 6.09 Å². The van der Waals surface area contributed by atoms with Crippen molar-refractivity contribution < 1.29 is 14.3 Å². The van der Waals surface area contributed by atoms with Crippen molar-refractivity contribution in [3.8, 4) is 0 Å². The normalized spacial score (nSPS) is 11.3. The van der Waals surface area contributed by atoms with Crippen LogP contribution in [0.4, 0.5) is 4.79 Å². The average molecular weight is 292 g/mol. The molecule has 20 heavy (non-hydrogen) atoms. The molecule has 0 fully saturated rings. The number of hydrogen-bond donors (Lipinski definition) is 1. The Hall–Kier alpha value is -1.95. The van der Waals surface area contributed by atoms with E-state index in [0.29, 0.717) is 11.6 Å². The van der Waals surface area contributed by atoms with Gasteiger partial charge in [0.2, 0.25) is 0 Å². The Morgan fingerprint density at radius 1 is 1.45 bits per heavy atom. The third kappa shape index (κ3) is 3.54. The zero-order valence-corrected chi connectivity index (χ0v) is 12.4. The molecule has 0 atom stereocenters. The van der Waals surface area contributed by atoms with E-state index < -0.39 is 11.7 Å². The monoisotopic (exact) mass is 292 g/mol. The predicted octanol–water partition coefficient (Wildman–Crippen LogP) is 3.13. The molecule has 1 aromatic carbocycles. The number of carbonyl (C=O) groups is 2. The fraction of sp³-hybridized carbons (Fsp3) is 0.357. The van der Waals surface area contributed by atoms with Gasteiger partial charge in [-0.05, 0) is 32.4 Å². The number of thiazole rings is 1. The number of alkyl carbamates (subject to hydrolysis) is 1. The van der Waals surface area contributed by atoms with Crippen LogP contribution in [-0.2, 0) is 11.3 Å². The number of para-hydroxylation sites is 1. The van der Waals surface area contributed by atoms with Gasteiger partial charge in [0.1, 0.15) is 5.60 Å². The molecule has 6 heteroatoms. The maximum Gasteiger partial charge on any atom is 0.407 e.